The Labute approximate surface area is 166 Å². The predicted octanol–water partition coefficient (Wildman–Crippen LogP) is 2.61. The van der Waals surface area contributed by atoms with Gasteiger partial charge in [0.2, 0.25) is 5.91 Å². The summed E-state index contributed by atoms with van der Waals surface area (Å²) in [5, 5.41) is 3.73. The number of nitrogens with zero attached hydrogens (tertiary/aromatic N) is 1. The molecule has 7 nitrogen and oxygen atoms in total. The molecule has 28 heavy (non-hydrogen) atoms. The molecule has 0 saturated carbocycles. The van der Waals surface area contributed by atoms with Gasteiger partial charge in [0.05, 0.1) is 10.9 Å². The maximum absolute atomic E-state index is 12.4. The van der Waals surface area contributed by atoms with Gasteiger partial charge < -0.3 is 19.4 Å². The number of rotatable bonds is 5. The highest BCUT2D eigenvalue weighted by Crippen LogP contribution is 2.47. The summed E-state index contributed by atoms with van der Waals surface area (Å²) in [6, 6.07) is 8.50. The summed E-state index contributed by atoms with van der Waals surface area (Å²) in [4.78, 5) is 38.0. The van der Waals surface area contributed by atoms with Crippen LogP contribution in [-0.4, -0.2) is 46.0 Å². The molecular weight excluding hydrogens is 380 g/mol. The Bertz CT molecular complexity index is 909. The lowest BCUT2D eigenvalue weighted by molar-refractivity contribution is -0.156. The van der Waals surface area contributed by atoms with Crippen LogP contribution in [0.25, 0.3) is 11.0 Å². The van der Waals surface area contributed by atoms with Crippen LogP contribution >= 0.6 is 11.8 Å². The van der Waals surface area contributed by atoms with Crippen molar-refractivity contribution in [2.75, 3.05) is 12.4 Å². The molecule has 2 aliphatic heterocycles. The third-order valence-electron chi connectivity index (χ3n) is 5.31. The lowest BCUT2D eigenvalue weighted by atomic mass is 10.2. The zero-order valence-corrected chi connectivity index (χ0v) is 16.6. The van der Waals surface area contributed by atoms with E-state index in [1.807, 2.05) is 37.3 Å². The van der Waals surface area contributed by atoms with Crippen molar-refractivity contribution >= 4 is 40.5 Å². The summed E-state index contributed by atoms with van der Waals surface area (Å²) >= 11 is 1.59. The van der Waals surface area contributed by atoms with Crippen molar-refractivity contribution in [3.05, 3.63) is 36.1 Å². The van der Waals surface area contributed by atoms with Gasteiger partial charge in [0.1, 0.15) is 17.4 Å². The molecule has 4 rings (SSSR count). The van der Waals surface area contributed by atoms with Gasteiger partial charge in [-0.3, -0.25) is 9.59 Å². The molecule has 0 spiro atoms. The molecule has 8 heteroatoms. The number of carbonyl (C=O) groups excluding carboxylic acids is 3. The summed E-state index contributed by atoms with van der Waals surface area (Å²) in [7, 11) is 0. The number of carbonyl (C=O) groups is 3. The van der Waals surface area contributed by atoms with Gasteiger partial charge in [0, 0.05) is 17.6 Å². The van der Waals surface area contributed by atoms with Crippen LogP contribution in [0.4, 0.5) is 0 Å². The molecule has 2 aliphatic rings. The van der Waals surface area contributed by atoms with E-state index in [9.17, 15) is 14.4 Å². The van der Waals surface area contributed by atoms with Crippen molar-refractivity contribution in [1.82, 2.24) is 10.2 Å². The van der Waals surface area contributed by atoms with Gasteiger partial charge in [-0.25, -0.2) is 4.79 Å². The standard InChI is InChI=1S/C20H22N2O5S/c1-12(16-9-13-5-3-4-6-15(13)27-16)21-17(23)10-26-19(25)14-11-28-20(2)8-7-18(24)22(14)20/h3-6,9,12,14H,7-8,10-11H2,1-2H3,(H,21,23)/t12-,14+,20+/m1/s1. The summed E-state index contributed by atoms with van der Waals surface area (Å²) < 4.78 is 10.9. The molecule has 0 radical (unpaired) electrons. The summed E-state index contributed by atoms with van der Waals surface area (Å²) in [5.41, 5.74) is 0.752. The van der Waals surface area contributed by atoms with Crippen molar-refractivity contribution in [3.63, 3.8) is 0 Å². The molecule has 3 heterocycles. The Morgan fingerprint density at radius 3 is 3.00 bits per heavy atom. The molecule has 3 atom stereocenters. The zero-order chi connectivity index (χ0) is 19.9. The normalized spacial score (nSPS) is 25.0. The second-order valence-corrected chi connectivity index (χ2v) is 8.85. The predicted molar refractivity (Wildman–Crippen MR) is 104 cm³/mol. The fraction of sp³-hybridized carbons (Fsp3) is 0.450. The molecule has 0 aliphatic carbocycles. The van der Waals surface area contributed by atoms with Crippen LogP contribution in [0.3, 0.4) is 0 Å². The molecule has 2 amide bonds. The van der Waals surface area contributed by atoms with Crippen molar-refractivity contribution in [3.8, 4) is 0 Å². The van der Waals surface area contributed by atoms with Crippen LogP contribution < -0.4 is 5.32 Å². The first kappa shape index (κ1) is 18.9. The van der Waals surface area contributed by atoms with E-state index in [4.69, 9.17) is 9.15 Å². The van der Waals surface area contributed by atoms with Crippen molar-refractivity contribution in [2.24, 2.45) is 0 Å². The number of ether oxygens (including phenoxy) is 1. The van der Waals surface area contributed by atoms with Gasteiger partial charge in [-0.15, -0.1) is 11.8 Å². The first-order chi connectivity index (χ1) is 13.4. The molecule has 2 saturated heterocycles. The van der Waals surface area contributed by atoms with Crippen molar-refractivity contribution in [2.45, 2.75) is 43.6 Å². The maximum Gasteiger partial charge on any atom is 0.330 e. The lowest BCUT2D eigenvalue weighted by Gasteiger charge is -2.29. The average Bonchev–Trinajstić information content (AvgIpc) is 3.33. The maximum atomic E-state index is 12.4. The number of thioether (sulfide) groups is 1. The second kappa shape index (κ2) is 7.16. The third kappa shape index (κ3) is 3.37. The van der Waals surface area contributed by atoms with E-state index in [-0.39, 0.29) is 23.4 Å². The van der Waals surface area contributed by atoms with E-state index in [0.717, 1.165) is 17.4 Å². The molecule has 1 N–H and O–H groups in total. The van der Waals surface area contributed by atoms with Gasteiger partial charge in [-0.2, -0.15) is 0 Å². The molecule has 1 aromatic carbocycles. The van der Waals surface area contributed by atoms with Crippen molar-refractivity contribution < 1.29 is 23.5 Å². The third-order valence-corrected chi connectivity index (χ3v) is 6.82. The number of hydrogen-bond donors (Lipinski definition) is 1. The fourth-order valence-electron chi connectivity index (χ4n) is 3.80. The Hall–Kier alpha value is -2.48. The molecule has 0 bridgehead atoms. The molecule has 0 unspecified atom stereocenters. The van der Waals surface area contributed by atoms with Crippen LogP contribution in [0.15, 0.2) is 34.7 Å². The minimum atomic E-state index is -0.620. The minimum absolute atomic E-state index is 0.0302. The SMILES string of the molecule is C[C@@H](NC(=O)COC(=O)[C@@H]1CS[C@@]2(C)CCC(=O)N12)c1cc2ccccc2o1. The van der Waals surface area contributed by atoms with E-state index in [1.54, 1.807) is 23.6 Å². The topological polar surface area (TPSA) is 88.8 Å². The number of amides is 2. The monoisotopic (exact) mass is 402 g/mol. The largest absolute Gasteiger partial charge is 0.459 e. The molecular formula is C20H22N2O5S. The Morgan fingerprint density at radius 2 is 2.21 bits per heavy atom. The minimum Gasteiger partial charge on any atom is -0.459 e. The van der Waals surface area contributed by atoms with Crippen LogP contribution in [-0.2, 0) is 19.1 Å². The number of fused-ring (bicyclic) bond motifs is 2. The van der Waals surface area contributed by atoms with Crippen LogP contribution in [0.5, 0.6) is 0 Å². The van der Waals surface area contributed by atoms with Gasteiger partial charge in [0.15, 0.2) is 6.61 Å². The van der Waals surface area contributed by atoms with E-state index in [2.05, 4.69) is 5.32 Å². The van der Waals surface area contributed by atoms with Crippen LogP contribution in [0.1, 0.15) is 38.5 Å². The van der Waals surface area contributed by atoms with E-state index >= 15 is 0 Å². The van der Waals surface area contributed by atoms with Gasteiger partial charge in [-0.05, 0) is 32.4 Å². The molecule has 148 valence electrons. The number of hydrogen-bond acceptors (Lipinski definition) is 6. The lowest BCUT2D eigenvalue weighted by Crippen LogP contribution is -2.47. The number of para-hydroxylation sites is 1. The van der Waals surface area contributed by atoms with E-state index in [1.165, 1.54) is 0 Å². The van der Waals surface area contributed by atoms with Gasteiger partial charge in [0.25, 0.3) is 5.91 Å². The van der Waals surface area contributed by atoms with Crippen LogP contribution in [0, 0.1) is 0 Å². The fourth-order valence-corrected chi connectivity index (χ4v) is 5.21. The summed E-state index contributed by atoms with van der Waals surface area (Å²) in [6.07, 6.45) is 1.18. The summed E-state index contributed by atoms with van der Waals surface area (Å²) in [5.74, 6) is 0.155. The molecule has 2 fully saturated rings. The average molecular weight is 402 g/mol. The highest BCUT2D eigenvalue weighted by molar-refractivity contribution is 8.01. The number of esters is 1. The van der Waals surface area contributed by atoms with E-state index in [0.29, 0.717) is 17.9 Å². The smallest absolute Gasteiger partial charge is 0.330 e. The molecule has 2 aromatic rings. The van der Waals surface area contributed by atoms with Crippen LogP contribution in [0.2, 0.25) is 0 Å². The zero-order valence-electron chi connectivity index (χ0n) is 15.8. The Balaban J connectivity index is 1.31. The van der Waals surface area contributed by atoms with Gasteiger partial charge >= 0.3 is 5.97 Å². The molecule has 1 aromatic heterocycles. The quantitative estimate of drug-likeness (QED) is 0.774. The highest BCUT2D eigenvalue weighted by atomic mass is 32.2. The van der Waals surface area contributed by atoms with E-state index < -0.39 is 17.9 Å². The summed E-state index contributed by atoms with van der Waals surface area (Å²) in [6.45, 7) is 3.39. The first-order valence-electron chi connectivity index (χ1n) is 9.28. The number of furan rings is 1. The van der Waals surface area contributed by atoms with Crippen molar-refractivity contribution in [1.29, 1.82) is 0 Å². The first-order valence-corrected chi connectivity index (χ1v) is 10.3. The second-order valence-electron chi connectivity index (χ2n) is 7.35. The Morgan fingerprint density at radius 1 is 1.43 bits per heavy atom. The highest BCUT2D eigenvalue weighted by Gasteiger charge is 2.53. The van der Waals surface area contributed by atoms with Gasteiger partial charge in [-0.1, -0.05) is 18.2 Å². The number of nitrogens with one attached hydrogen (secondary N) is 1. The Kier molecular flexibility index (Phi) is 4.82. The number of benzene rings is 1.